The Morgan fingerprint density at radius 3 is 1.45 bits per heavy atom. The van der Waals surface area contributed by atoms with Crippen molar-refractivity contribution in [2.75, 3.05) is 41.3 Å². The van der Waals surface area contributed by atoms with E-state index in [-0.39, 0.29) is 35.6 Å². The summed E-state index contributed by atoms with van der Waals surface area (Å²) in [6.45, 7) is 9.33. The van der Waals surface area contributed by atoms with Gasteiger partial charge in [0.2, 0.25) is 5.91 Å². The molecule has 13 nitrogen and oxygen atoms in total. The highest BCUT2D eigenvalue weighted by Crippen LogP contribution is 2.46. The maximum Gasteiger partial charge on any atom is 0.307 e. The molecule has 0 spiro atoms. The van der Waals surface area contributed by atoms with Crippen LogP contribution in [0.3, 0.4) is 0 Å². The number of amides is 1. The van der Waals surface area contributed by atoms with Gasteiger partial charge >= 0.3 is 5.97 Å². The Balaban J connectivity index is 0.000000203. The van der Waals surface area contributed by atoms with Gasteiger partial charge in [-0.05, 0) is 151 Å². The van der Waals surface area contributed by atoms with E-state index in [9.17, 15) is 19.8 Å². The first-order valence-corrected chi connectivity index (χ1v) is 18.8. The van der Waals surface area contributed by atoms with Crippen molar-refractivity contribution in [3.05, 3.63) is 106 Å². The number of carboxylic acid groups (broad SMARTS) is 1. The number of carbonyl (C=O) groups excluding carboxylic acids is 1. The molecule has 2 aromatic carbocycles. The highest BCUT2D eigenvalue weighted by molar-refractivity contribution is 5.82. The number of phenolic OH excluding ortho intramolecular Hbond substituents is 2. The third-order valence-electron chi connectivity index (χ3n) is 10.6. The van der Waals surface area contributed by atoms with E-state index >= 15 is 0 Å². The summed E-state index contributed by atoms with van der Waals surface area (Å²) in [4.78, 5) is 43.8. The number of carbonyl (C=O) groups is 2. The van der Waals surface area contributed by atoms with Crippen LogP contribution < -0.4 is 11.1 Å². The van der Waals surface area contributed by atoms with Gasteiger partial charge in [0.05, 0.1) is 5.92 Å². The number of aromatic nitrogens is 4. The first-order chi connectivity index (χ1) is 26.1. The van der Waals surface area contributed by atoms with Crippen molar-refractivity contribution in [1.82, 2.24) is 35.1 Å². The van der Waals surface area contributed by atoms with Crippen molar-refractivity contribution in [2.45, 2.75) is 77.3 Å². The van der Waals surface area contributed by atoms with Crippen molar-refractivity contribution in [1.29, 1.82) is 0 Å². The summed E-state index contributed by atoms with van der Waals surface area (Å²) >= 11 is 0. The van der Waals surface area contributed by atoms with Crippen LogP contribution in [0.1, 0.15) is 69.7 Å². The monoisotopic (exact) mass is 754 g/mol. The molecule has 2 aliphatic carbocycles. The summed E-state index contributed by atoms with van der Waals surface area (Å²) in [6.07, 6.45) is 9.97. The number of hydrogen-bond donors (Lipinski definition) is 5. The maximum absolute atomic E-state index is 12.5. The number of hydrogen-bond acceptors (Lipinski definition) is 11. The molecule has 55 heavy (non-hydrogen) atoms. The van der Waals surface area contributed by atoms with Gasteiger partial charge in [-0.3, -0.25) is 9.59 Å². The number of aliphatic carboxylic acids is 1. The van der Waals surface area contributed by atoms with Gasteiger partial charge in [0.25, 0.3) is 0 Å². The molecule has 6 rings (SSSR count). The number of rotatable bonds is 13. The summed E-state index contributed by atoms with van der Waals surface area (Å²) in [5.74, 6) is 1.31. The van der Waals surface area contributed by atoms with Gasteiger partial charge in [0.15, 0.2) is 0 Å². The average molecular weight is 755 g/mol. The van der Waals surface area contributed by atoms with E-state index in [4.69, 9.17) is 10.8 Å². The summed E-state index contributed by atoms with van der Waals surface area (Å²) in [7, 11) is 8.14. The molecule has 6 N–H and O–H groups in total. The van der Waals surface area contributed by atoms with Crippen LogP contribution in [-0.4, -0.2) is 110 Å². The minimum Gasteiger partial charge on any atom is -0.508 e. The fourth-order valence-electron chi connectivity index (χ4n) is 6.85. The summed E-state index contributed by atoms with van der Waals surface area (Å²) in [5.41, 5.74) is 12.7. The fourth-order valence-corrected chi connectivity index (χ4v) is 6.85. The van der Waals surface area contributed by atoms with E-state index < -0.39 is 5.97 Å². The minimum absolute atomic E-state index is 0.0210. The summed E-state index contributed by atoms with van der Waals surface area (Å²) in [5, 5.41) is 31.0. The number of aryl methyl sites for hydroxylation is 4. The molecule has 2 fully saturated rings. The predicted molar refractivity (Wildman–Crippen MR) is 213 cm³/mol. The second-order valence-corrected chi connectivity index (χ2v) is 15.2. The molecule has 0 saturated heterocycles. The standard InChI is InChI=1S/C21H28N4O2.C13H22N2O.C8H8N2O2/c1-13-8-16(26)9-14(2)17(13)10-15(25(3)4)12-24-21(27)19-11-18(19)20-22-6-5-7-23-20;1-9-5-12(16)6-10(2)13(9)7-11(8-14)15(3)4;11-8(12)6-4-5(6)7-9-2-1-3-10-7/h5-9,15,18-19,26H,10-12H2,1-4H3,(H,24,27);5-6,11,16H,7-8,14H2,1-4H3;1-3,5-6H,4H2,(H,11,12)/t15-,18?,19?;11-;/m00./s1. The normalized spacial score (nSPS) is 19.3. The van der Waals surface area contributed by atoms with Crippen molar-refractivity contribution in [3.8, 4) is 11.5 Å². The molecular formula is C42H58N8O5. The van der Waals surface area contributed by atoms with Crippen molar-refractivity contribution < 1.29 is 24.9 Å². The van der Waals surface area contributed by atoms with Gasteiger partial charge in [-0.2, -0.15) is 0 Å². The van der Waals surface area contributed by atoms with Crippen LogP contribution in [0.25, 0.3) is 0 Å². The second kappa shape index (κ2) is 19.6. The minimum atomic E-state index is -0.743. The molecule has 2 aliphatic rings. The third kappa shape index (κ3) is 12.3. The number of benzene rings is 2. The van der Waals surface area contributed by atoms with Crippen LogP contribution in [-0.2, 0) is 22.4 Å². The van der Waals surface area contributed by atoms with E-state index in [0.717, 1.165) is 47.3 Å². The number of likely N-dealkylation sites (N-methyl/N-ethyl adjacent to an activating group) is 2. The molecule has 6 atom stereocenters. The smallest absolute Gasteiger partial charge is 0.307 e. The maximum atomic E-state index is 12.5. The fraction of sp³-hybridized carbons (Fsp3) is 0.476. The molecule has 0 aliphatic heterocycles. The van der Waals surface area contributed by atoms with Crippen LogP contribution in [0.2, 0.25) is 0 Å². The molecule has 13 heteroatoms. The largest absolute Gasteiger partial charge is 0.508 e. The Kier molecular flexibility index (Phi) is 15.2. The number of carboxylic acids is 1. The van der Waals surface area contributed by atoms with Gasteiger partial charge in [0, 0.05) is 67.7 Å². The Morgan fingerprint density at radius 1 is 0.709 bits per heavy atom. The molecule has 4 unspecified atom stereocenters. The number of phenols is 2. The van der Waals surface area contributed by atoms with E-state index in [0.29, 0.717) is 42.9 Å². The number of aromatic hydroxyl groups is 2. The Labute approximate surface area is 325 Å². The molecule has 0 radical (unpaired) electrons. The van der Waals surface area contributed by atoms with Gasteiger partial charge < -0.3 is 36.2 Å². The zero-order chi connectivity index (χ0) is 40.4. The van der Waals surface area contributed by atoms with E-state index in [1.807, 2.05) is 68.0 Å². The van der Waals surface area contributed by atoms with Gasteiger partial charge in [0.1, 0.15) is 23.1 Å². The highest BCUT2D eigenvalue weighted by Gasteiger charge is 2.46. The molecule has 0 bridgehead atoms. The van der Waals surface area contributed by atoms with Gasteiger partial charge in [-0.1, -0.05) is 0 Å². The third-order valence-corrected chi connectivity index (χ3v) is 10.6. The van der Waals surface area contributed by atoms with Crippen molar-refractivity contribution in [2.24, 2.45) is 17.6 Å². The summed E-state index contributed by atoms with van der Waals surface area (Å²) < 4.78 is 0. The number of nitrogens with two attached hydrogens (primary N) is 1. The molecule has 296 valence electrons. The van der Waals surface area contributed by atoms with E-state index in [1.54, 1.807) is 49.1 Å². The van der Waals surface area contributed by atoms with Crippen LogP contribution in [0.4, 0.5) is 0 Å². The molecule has 2 saturated carbocycles. The number of nitrogens with one attached hydrogen (secondary N) is 1. The lowest BCUT2D eigenvalue weighted by Gasteiger charge is -2.26. The molecular weight excluding hydrogens is 697 g/mol. The van der Waals surface area contributed by atoms with E-state index in [1.165, 1.54) is 11.1 Å². The zero-order valence-corrected chi connectivity index (χ0v) is 33.4. The van der Waals surface area contributed by atoms with Crippen molar-refractivity contribution in [3.63, 3.8) is 0 Å². The Morgan fingerprint density at radius 2 is 1.09 bits per heavy atom. The first kappa shape index (κ1) is 42.8. The van der Waals surface area contributed by atoms with Gasteiger partial charge in [-0.15, -0.1) is 0 Å². The molecule has 4 aromatic rings. The molecule has 1 amide bonds. The lowest BCUT2D eigenvalue weighted by molar-refractivity contribution is -0.138. The van der Waals surface area contributed by atoms with E-state index in [2.05, 4.69) is 35.1 Å². The highest BCUT2D eigenvalue weighted by atomic mass is 16.4. The second-order valence-electron chi connectivity index (χ2n) is 15.2. The Hall–Kier alpha value is -4.98. The Bertz CT molecular complexity index is 1830. The van der Waals surface area contributed by atoms with Crippen LogP contribution in [0.5, 0.6) is 11.5 Å². The average Bonchev–Trinajstić information content (AvgIpc) is 4.06. The van der Waals surface area contributed by atoms with Crippen LogP contribution in [0.15, 0.2) is 61.2 Å². The number of nitrogens with zero attached hydrogens (tertiary/aromatic N) is 6. The summed E-state index contributed by atoms with van der Waals surface area (Å²) in [6, 6.07) is 11.3. The molecule has 2 aromatic heterocycles. The molecule has 2 heterocycles. The first-order valence-electron chi connectivity index (χ1n) is 18.8. The quantitative estimate of drug-likeness (QED) is 0.130. The van der Waals surface area contributed by atoms with Crippen LogP contribution in [0, 0.1) is 39.5 Å². The lowest BCUT2D eigenvalue weighted by Crippen LogP contribution is -2.42. The van der Waals surface area contributed by atoms with Gasteiger partial charge in [-0.25, -0.2) is 19.9 Å². The predicted octanol–water partition coefficient (Wildman–Crippen LogP) is 4.30. The lowest BCUT2D eigenvalue weighted by atomic mass is 9.95. The topological polar surface area (TPSA) is 191 Å². The zero-order valence-electron chi connectivity index (χ0n) is 33.4. The SMILES string of the molecule is Cc1cc(O)cc(C)c1C[C@@H](CN)N(C)C.Cc1cc(O)cc(C)c1C[C@@H](CNC(=O)C1CC1c1ncccn1)N(C)C.O=C(O)C1CC1c1ncccn1. The van der Waals surface area contributed by atoms with Crippen LogP contribution >= 0.6 is 0 Å². The van der Waals surface area contributed by atoms with Crippen molar-refractivity contribution >= 4 is 11.9 Å².